The Balaban J connectivity index is 0.000000651. The van der Waals surface area contributed by atoms with Crippen LogP contribution in [0.5, 0.6) is 0 Å². The van der Waals surface area contributed by atoms with Crippen molar-refractivity contribution in [3.63, 3.8) is 0 Å². The van der Waals surface area contributed by atoms with Gasteiger partial charge in [-0.25, -0.2) is 12.2 Å². The molecule has 0 bridgehead atoms. The zero-order chi connectivity index (χ0) is 29.8. The van der Waals surface area contributed by atoms with Gasteiger partial charge in [0.1, 0.15) is 0 Å². The number of allylic oxidation sites excluding steroid dienone is 4. The number of hydrogen-bond acceptors (Lipinski definition) is 0. The van der Waals surface area contributed by atoms with Gasteiger partial charge in [0.25, 0.3) is 0 Å². The maximum atomic E-state index is 3.94. The van der Waals surface area contributed by atoms with E-state index in [-0.39, 0.29) is 35.6 Å². The van der Waals surface area contributed by atoms with Gasteiger partial charge in [-0.05, 0) is 28.4 Å². The van der Waals surface area contributed by atoms with Crippen molar-refractivity contribution in [3.8, 4) is 11.1 Å². The molecule has 4 aliphatic rings. The van der Waals surface area contributed by atoms with Crippen molar-refractivity contribution in [3.05, 3.63) is 96.8 Å². The van der Waals surface area contributed by atoms with Crippen molar-refractivity contribution < 1.29 is 24.2 Å². The van der Waals surface area contributed by atoms with Crippen molar-refractivity contribution in [1.29, 1.82) is 0 Å². The second-order valence-electron chi connectivity index (χ2n) is 13.6. The molecule has 0 N–H and O–H groups in total. The van der Waals surface area contributed by atoms with Crippen molar-refractivity contribution >= 4 is 29.0 Å². The monoisotopic (exact) mass is 684 g/mol. The van der Waals surface area contributed by atoms with Gasteiger partial charge < -0.3 is 13.8 Å². The second kappa shape index (κ2) is 20.3. The van der Waals surface area contributed by atoms with Crippen molar-refractivity contribution in [2.45, 2.75) is 117 Å². The predicted octanol–water partition coefficient (Wildman–Crippen LogP) is 11.8. The molecule has 0 unspecified atom stereocenters. The van der Waals surface area contributed by atoms with Gasteiger partial charge in [0.05, 0.1) is 0 Å². The molecule has 0 spiro atoms. The second-order valence-corrected chi connectivity index (χ2v) is 13.6. The number of fused-ring (bicyclic) bond motifs is 3. The molecule has 2 saturated carbocycles. The van der Waals surface area contributed by atoms with Gasteiger partial charge in [-0.3, -0.25) is 6.08 Å². The molecule has 0 atom stereocenters. The molecular formula is C39H56Cl2Zr-4. The van der Waals surface area contributed by atoms with Gasteiger partial charge in [-0.2, -0.15) is 41.7 Å². The van der Waals surface area contributed by atoms with Gasteiger partial charge >= 0.3 is 28.4 Å². The summed E-state index contributed by atoms with van der Waals surface area (Å²) in [6, 6.07) is 15.2. The summed E-state index contributed by atoms with van der Waals surface area (Å²) in [5.74, 6) is 1.59. The molecule has 6 rings (SSSR count). The molecular weight excluding hydrogens is 631 g/mol. The van der Waals surface area contributed by atoms with Crippen LogP contribution in [0.25, 0.3) is 11.1 Å². The van der Waals surface area contributed by atoms with Crippen LogP contribution in [0.2, 0.25) is 0 Å². The standard InChI is InChI=1S/C21H25.2C6H11.C5H5.CH2.2ClH.Zr/c1-20(2,3)16-7-9-18-14(12-16)11-15-13-17(21(4,5)6)8-10-19(15)18;2*1-6-4-2-3-5-6;1-2-4-5-3-1;;;;/h7-10,12H,11H2,1-6H3;2*6H,1-5H2;1-3H,4H2;1H2;2*1H;/q4*-1;;;;. The molecule has 2 aromatic carbocycles. The molecule has 3 heteroatoms. The Morgan fingerprint density at radius 1 is 0.762 bits per heavy atom. The molecule has 2 aromatic rings. The van der Waals surface area contributed by atoms with Crippen LogP contribution in [-0.2, 0) is 41.5 Å². The minimum absolute atomic E-state index is 0. The summed E-state index contributed by atoms with van der Waals surface area (Å²) < 4.78 is 3.34. The van der Waals surface area contributed by atoms with E-state index in [1.807, 2.05) is 12.2 Å². The fourth-order valence-electron chi connectivity index (χ4n) is 5.39. The van der Waals surface area contributed by atoms with Gasteiger partial charge in [0.2, 0.25) is 0 Å². The average Bonchev–Trinajstić information content (AvgIpc) is 3.73. The van der Waals surface area contributed by atoms with E-state index in [2.05, 4.69) is 108 Å². The van der Waals surface area contributed by atoms with Crippen LogP contribution in [0.1, 0.15) is 122 Å². The summed E-state index contributed by atoms with van der Waals surface area (Å²) in [4.78, 5) is 0. The van der Waals surface area contributed by atoms with Crippen LogP contribution < -0.4 is 0 Å². The van der Waals surface area contributed by atoms with E-state index in [0.717, 1.165) is 24.7 Å². The van der Waals surface area contributed by atoms with Crippen LogP contribution >= 0.6 is 24.8 Å². The molecule has 0 saturated heterocycles. The van der Waals surface area contributed by atoms with E-state index in [9.17, 15) is 0 Å². The molecule has 2 fully saturated rings. The first-order valence-electron chi connectivity index (χ1n) is 15.4. The Morgan fingerprint density at radius 3 is 1.64 bits per heavy atom. The Labute approximate surface area is 287 Å². The molecule has 0 aliphatic heterocycles. The van der Waals surface area contributed by atoms with Gasteiger partial charge in [0, 0.05) is 0 Å². The van der Waals surface area contributed by atoms with Gasteiger partial charge in [-0.15, -0.1) is 42.4 Å². The molecule has 4 aliphatic carbocycles. The summed E-state index contributed by atoms with van der Waals surface area (Å²) in [6.07, 6.45) is 22.2. The van der Waals surface area contributed by atoms with Crippen LogP contribution in [0, 0.1) is 37.8 Å². The molecule has 0 amide bonds. The molecule has 42 heavy (non-hydrogen) atoms. The molecule has 0 radical (unpaired) electrons. The van der Waals surface area contributed by atoms with Crippen LogP contribution in [0.4, 0.5) is 0 Å². The maximum absolute atomic E-state index is 3.94. The average molecular weight is 687 g/mol. The van der Waals surface area contributed by atoms with Crippen LogP contribution in [0.3, 0.4) is 0 Å². The Kier molecular flexibility index (Phi) is 20.0. The third-order valence-corrected chi connectivity index (χ3v) is 8.00. The number of hydrogen-bond donors (Lipinski definition) is 0. The minimum atomic E-state index is 0. The Morgan fingerprint density at radius 2 is 1.29 bits per heavy atom. The van der Waals surface area contributed by atoms with Crippen molar-refractivity contribution in [2.75, 3.05) is 0 Å². The summed E-state index contributed by atoms with van der Waals surface area (Å²) in [5, 5.41) is 0. The van der Waals surface area contributed by atoms with E-state index >= 15 is 0 Å². The van der Waals surface area contributed by atoms with Gasteiger partial charge in [0.15, 0.2) is 0 Å². The SMILES string of the molecule is CC(C)(C)c1[c-]c2c(cc1)-c1ccc(C(C)(C)C)cc1C2.Cl.Cl.[C-]1=CC=CC1.[CH2-]C1CCCC1.[CH2-]C1CCCC1.[CH2]=[Zr]. The topological polar surface area (TPSA) is 0 Å². The van der Waals surface area contributed by atoms with E-state index in [1.165, 1.54) is 109 Å². The third-order valence-electron chi connectivity index (χ3n) is 8.00. The van der Waals surface area contributed by atoms with Gasteiger partial charge in [-0.1, -0.05) is 117 Å². The van der Waals surface area contributed by atoms with E-state index in [1.54, 1.807) is 0 Å². The van der Waals surface area contributed by atoms with Crippen LogP contribution in [0.15, 0.2) is 48.6 Å². The predicted molar refractivity (Wildman–Crippen MR) is 189 cm³/mol. The normalized spacial score (nSPS) is 16.5. The zero-order valence-corrected chi connectivity index (χ0v) is 31.4. The summed E-state index contributed by atoms with van der Waals surface area (Å²) in [5.41, 5.74) is 8.70. The first-order chi connectivity index (χ1) is 18.9. The number of halogens is 2. The summed E-state index contributed by atoms with van der Waals surface area (Å²) >= 11 is 1.30. The first-order valence-corrected chi connectivity index (χ1v) is 17.1. The quantitative estimate of drug-likeness (QED) is 0.207. The van der Waals surface area contributed by atoms with Crippen molar-refractivity contribution in [1.82, 2.24) is 0 Å². The first kappa shape index (κ1) is 41.3. The summed E-state index contributed by atoms with van der Waals surface area (Å²) in [6.45, 7) is 21.5. The van der Waals surface area contributed by atoms with E-state index < -0.39 is 0 Å². The third kappa shape index (κ3) is 13.9. The number of benzene rings is 2. The van der Waals surface area contributed by atoms with Crippen LogP contribution in [-0.4, -0.2) is 4.21 Å². The molecule has 234 valence electrons. The fourth-order valence-corrected chi connectivity index (χ4v) is 5.39. The van der Waals surface area contributed by atoms with E-state index in [4.69, 9.17) is 0 Å². The zero-order valence-electron chi connectivity index (χ0n) is 27.3. The summed E-state index contributed by atoms with van der Waals surface area (Å²) in [7, 11) is 0. The Hall–Kier alpha value is -0.747. The Bertz CT molecular complexity index is 1000. The van der Waals surface area contributed by atoms with Crippen molar-refractivity contribution in [2.24, 2.45) is 11.8 Å². The molecule has 0 heterocycles. The molecule has 0 aromatic heterocycles. The number of rotatable bonds is 0. The molecule has 0 nitrogen and oxygen atoms in total. The fraction of sp³-hybridized carbons (Fsp3) is 0.513. The van der Waals surface area contributed by atoms with E-state index in [0.29, 0.717) is 0 Å².